The summed E-state index contributed by atoms with van der Waals surface area (Å²) in [6.07, 6.45) is 2.55. The third-order valence-electron chi connectivity index (χ3n) is 5.72. The lowest BCUT2D eigenvalue weighted by molar-refractivity contribution is -0.129. The van der Waals surface area contributed by atoms with Gasteiger partial charge in [0, 0.05) is 19.6 Å². The highest BCUT2D eigenvalue weighted by molar-refractivity contribution is 7.99. The van der Waals surface area contributed by atoms with Gasteiger partial charge in [-0.05, 0) is 36.6 Å². The molecule has 2 heterocycles. The maximum absolute atomic E-state index is 14.0. The number of benzene rings is 2. The van der Waals surface area contributed by atoms with Gasteiger partial charge in [0.25, 0.3) is 5.91 Å². The topological polar surface area (TPSA) is 80.1 Å². The maximum Gasteiger partial charge on any atom is 0.254 e. The van der Waals surface area contributed by atoms with Crippen LogP contribution in [0.5, 0.6) is 0 Å². The van der Waals surface area contributed by atoms with Crippen LogP contribution in [0, 0.1) is 5.82 Å². The molecule has 1 aliphatic rings. The lowest BCUT2D eigenvalue weighted by atomic mass is 10.00. The Hall–Kier alpha value is -3.46. The summed E-state index contributed by atoms with van der Waals surface area (Å²) in [6, 6.07) is 13.5. The normalized spacial score (nSPS) is 13.8. The third-order valence-corrected chi connectivity index (χ3v) is 6.67. The molecule has 0 spiro atoms. The van der Waals surface area contributed by atoms with Gasteiger partial charge in [-0.15, -0.1) is 16.8 Å². The number of aromatic nitrogens is 3. The monoisotopic (exact) mass is 479 g/mol. The van der Waals surface area contributed by atoms with Crippen LogP contribution < -0.4 is 5.32 Å². The Bertz CT molecular complexity index is 1210. The standard InChI is InChI=1S/C25H26FN5O2S/c1-3-13-31-23(17(2)27-24(33)20-10-6-7-11-21(20)26)28-29-25(31)34-16-22(32)30-14-12-18-8-4-5-9-19(18)15-30/h3-11,17H,1,12-16H2,2H3,(H,27,33). The average Bonchev–Trinajstić information content (AvgIpc) is 3.25. The number of nitrogens with zero attached hydrogens (tertiary/aromatic N) is 4. The minimum Gasteiger partial charge on any atom is -0.342 e. The van der Waals surface area contributed by atoms with E-state index >= 15 is 0 Å². The number of allylic oxidation sites excluding steroid dienone is 1. The molecule has 3 aromatic rings. The molecule has 0 saturated carbocycles. The van der Waals surface area contributed by atoms with E-state index in [-0.39, 0.29) is 17.2 Å². The molecule has 0 saturated heterocycles. The predicted octanol–water partition coefficient (Wildman–Crippen LogP) is 3.77. The van der Waals surface area contributed by atoms with E-state index < -0.39 is 17.8 Å². The van der Waals surface area contributed by atoms with Crippen molar-refractivity contribution in [3.05, 3.63) is 89.5 Å². The summed E-state index contributed by atoms with van der Waals surface area (Å²) in [5.41, 5.74) is 2.44. The van der Waals surface area contributed by atoms with Crippen LogP contribution in [-0.4, -0.2) is 43.8 Å². The average molecular weight is 480 g/mol. The summed E-state index contributed by atoms with van der Waals surface area (Å²) in [7, 11) is 0. The van der Waals surface area contributed by atoms with Crippen LogP contribution in [0.15, 0.2) is 66.3 Å². The number of rotatable bonds is 8. The Morgan fingerprint density at radius 3 is 2.68 bits per heavy atom. The van der Waals surface area contributed by atoms with Gasteiger partial charge in [-0.1, -0.05) is 54.2 Å². The third kappa shape index (κ3) is 5.20. The zero-order valence-corrected chi connectivity index (χ0v) is 19.7. The van der Waals surface area contributed by atoms with Crippen LogP contribution in [-0.2, 0) is 24.3 Å². The second-order valence-corrected chi connectivity index (χ2v) is 8.98. The highest BCUT2D eigenvalue weighted by atomic mass is 32.2. The van der Waals surface area contributed by atoms with Gasteiger partial charge in [-0.3, -0.25) is 9.59 Å². The summed E-state index contributed by atoms with van der Waals surface area (Å²) in [6.45, 7) is 7.26. The van der Waals surface area contributed by atoms with Crippen molar-refractivity contribution in [2.75, 3.05) is 12.3 Å². The van der Waals surface area contributed by atoms with Gasteiger partial charge in [0.15, 0.2) is 11.0 Å². The van der Waals surface area contributed by atoms with Gasteiger partial charge in [-0.2, -0.15) is 0 Å². The first kappa shape index (κ1) is 23.7. The van der Waals surface area contributed by atoms with Crippen LogP contribution in [0.3, 0.4) is 0 Å². The van der Waals surface area contributed by atoms with Gasteiger partial charge in [0.2, 0.25) is 5.91 Å². The number of carbonyl (C=O) groups is 2. The molecule has 0 fully saturated rings. The quantitative estimate of drug-likeness (QED) is 0.393. The fourth-order valence-corrected chi connectivity index (χ4v) is 4.80. The van der Waals surface area contributed by atoms with Gasteiger partial charge in [0.05, 0.1) is 17.4 Å². The van der Waals surface area contributed by atoms with E-state index in [0.29, 0.717) is 30.6 Å². The predicted molar refractivity (Wildman–Crippen MR) is 129 cm³/mol. The first-order valence-corrected chi connectivity index (χ1v) is 12.0. The minimum atomic E-state index is -0.588. The van der Waals surface area contributed by atoms with Crippen LogP contribution in [0.2, 0.25) is 0 Å². The van der Waals surface area contributed by atoms with Crippen LogP contribution >= 0.6 is 11.8 Å². The smallest absolute Gasteiger partial charge is 0.254 e. The van der Waals surface area contributed by atoms with Crippen LogP contribution in [0.1, 0.15) is 40.3 Å². The number of halogens is 1. The SMILES string of the molecule is C=CCn1c(SCC(=O)N2CCc3ccccc3C2)nnc1C(C)NC(=O)c1ccccc1F. The molecule has 1 aliphatic heterocycles. The second kappa shape index (κ2) is 10.6. The van der Waals surface area contributed by atoms with E-state index in [9.17, 15) is 14.0 Å². The van der Waals surface area contributed by atoms with E-state index in [1.807, 2.05) is 21.6 Å². The molecule has 1 N–H and O–H groups in total. The molecule has 0 aliphatic carbocycles. The molecule has 2 amide bonds. The number of fused-ring (bicyclic) bond motifs is 1. The van der Waals surface area contributed by atoms with Crippen molar-refractivity contribution in [3.63, 3.8) is 0 Å². The number of thioether (sulfide) groups is 1. The largest absolute Gasteiger partial charge is 0.342 e. The van der Waals surface area contributed by atoms with Crippen LogP contribution in [0.25, 0.3) is 0 Å². The number of hydrogen-bond acceptors (Lipinski definition) is 5. The molecule has 7 nitrogen and oxygen atoms in total. The maximum atomic E-state index is 14.0. The van der Waals surface area contributed by atoms with Crippen molar-refractivity contribution < 1.29 is 14.0 Å². The Morgan fingerprint density at radius 1 is 1.18 bits per heavy atom. The first-order valence-electron chi connectivity index (χ1n) is 11.0. The van der Waals surface area contributed by atoms with E-state index in [4.69, 9.17) is 0 Å². The van der Waals surface area contributed by atoms with Gasteiger partial charge >= 0.3 is 0 Å². The molecule has 0 bridgehead atoms. The number of carbonyl (C=O) groups excluding carboxylic acids is 2. The van der Waals surface area contributed by atoms with E-state index in [1.165, 1.54) is 41.1 Å². The molecular formula is C25H26FN5O2S. The summed E-state index contributed by atoms with van der Waals surface area (Å²) in [5.74, 6) is -0.349. The number of nitrogens with one attached hydrogen (secondary N) is 1. The zero-order chi connectivity index (χ0) is 24.1. The molecule has 2 aromatic carbocycles. The highest BCUT2D eigenvalue weighted by Crippen LogP contribution is 2.24. The Kier molecular flexibility index (Phi) is 7.42. The van der Waals surface area contributed by atoms with Gasteiger partial charge in [0.1, 0.15) is 5.82 Å². The number of amides is 2. The zero-order valence-electron chi connectivity index (χ0n) is 18.9. The molecule has 4 rings (SSSR count). The molecule has 0 radical (unpaired) electrons. The van der Waals surface area contributed by atoms with E-state index in [0.717, 1.165) is 6.42 Å². The van der Waals surface area contributed by atoms with Crippen molar-refractivity contribution in [3.8, 4) is 0 Å². The number of hydrogen-bond donors (Lipinski definition) is 1. The lowest BCUT2D eigenvalue weighted by Gasteiger charge is -2.28. The summed E-state index contributed by atoms with van der Waals surface area (Å²) < 4.78 is 15.8. The lowest BCUT2D eigenvalue weighted by Crippen LogP contribution is -2.37. The van der Waals surface area contributed by atoms with Crippen molar-refractivity contribution in [1.29, 1.82) is 0 Å². The first-order chi connectivity index (χ1) is 16.5. The Labute approximate surface area is 202 Å². The van der Waals surface area contributed by atoms with E-state index in [2.05, 4.69) is 34.2 Å². The fourth-order valence-electron chi connectivity index (χ4n) is 3.94. The molecule has 1 unspecified atom stereocenters. The van der Waals surface area contributed by atoms with Crippen molar-refractivity contribution in [2.45, 2.75) is 37.6 Å². The summed E-state index contributed by atoms with van der Waals surface area (Å²) in [5, 5.41) is 11.8. The van der Waals surface area contributed by atoms with Crippen molar-refractivity contribution in [1.82, 2.24) is 25.0 Å². The minimum absolute atomic E-state index is 0.0348. The molecular weight excluding hydrogens is 453 g/mol. The Morgan fingerprint density at radius 2 is 1.91 bits per heavy atom. The molecule has 9 heteroatoms. The summed E-state index contributed by atoms with van der Waals surface area (Å²) in [4.78, 5) is 27.2. The summed E-state index contributed by atoms with van der Waals surface area (Å²) >= 11 is 1.30. The van der Waals surface area contributed by atoms with E-state index in [1.54, 1.807) is 19.1 Å². The molecule has 176 valence electrons. The fraction of sp³-hybridized carbons (Fsp3) is 0.280. The molecule has 1 atom stereocenters. The highest BCUT2D eigenvalue weighted by Gasteiger charge is 2.24. The Balaban J connectivity index is 1.42. The van der Waals surface area contributed by atoms with Gasteiger partial charge < -0.3 is 14.8 Å². The van der Waals surface area contributed by atoms with Crippen LogP contribution in [0.4, 0.5) is 4.39 Å². The van der Waals surface area contributed by atoms with Gasteiger partial charge in [-0.25, -0.2) is 4.39 Å². The van der Waals surface area contributed by atoms with Crippen molar-refractivity contribution in [2.24, 2.45) is 0 Å². The second-order valence-electron chi connectivity index (χ2n) is 8.04. The van der Waals surface area contributed by atoms with Crippen molar-refractivity contribution >= 4 is 23.6 Å². The molecule has 1 aromatic heterocycles. The molecule has 34 heavy (non-hydrogen) atoms.